The van der Waals surface area contributed by atoms with Crippen molar-refractivity contribution < 1.29 is 9.18 Å². The van der Waals surface area contributed by atoms with Gasteiger partial charge in [-0.25, -0.2) is 14.4 Å². The average Bonchev–Trinajstić information content (AvgIpc) is 3.05. The predicted octanol–water partition coefficient (Wildman–Crippen LogP) is 2.72. The van der Waals surface area contributed by atoms with Gasteiger partial charge in [-0.1, -0.05) is 6.07 Å². The number of nitrogens with one attached hydrogen (secondary N) is 1. The Bertz CT molecular complexity index is 953. The summed E-state index contributed by atoms with van der Waals surface area (Å²) in [4.78, 5) is 18.9. The highest BCUT2D eigenvalue weighted by Crippen LogP contribution is 2.26. The van der Waals surface area contributed by atoms with E-state index < -0.39 is 5.82 Å². The number of hydrogen-bond donors (Lipinski definition) is 2. The number of benzene rings is 1. The molecule has 0 aliphatic rings. The standard InChI is InChI=1S/C18H19FN6O/c1-11-5-13(14-8-22-25(10-14)4-3-17(20)26)7-15(6-11)24-18-21-9-16(19)12(2)23-18/h5-10H,3-4H2,1-2H3,(H2,20,26)(H,21,23,24). The van der Waals surface area contributed by atoms with E-state index >= 15 is 0 Å². The van der Waals surface area contributed by atoms with Crippen molar-refractivity contribution in [1.82, 2.24) is 19.7 Å². The van der Waals surface area contributed by atoms with Crippen LogP contribution >= 0.6 is 0 Å². The summed E-state index contributed by atoms with van der Waals surface area (Å²) in [6.45, 7) is 4.00. The van der Waals surface area contributed by atoms with E-state index in [1.54, 1.807) is 17.8 Å². The summed E-state index contributed by atoms with van der Waals surface area (Å²) in [6.07, 6.45) is 4.98. The zero-order chi connectivity index (χ0) is 18.7. The first-order chi connectivity index (χ1) is 12.4. The van der Waals surface area contributed by atoms with E-state index in [1.165, 1.54) is 0 Å². The lowest BCUT2D eigenvalue weighted by molar-refractivity contribution is -0.118. The van der Waals surface area contributed by atoms with Crippen LogP contribution in [0.1, 0.15) is 17.7 Å². The molecule has 26 heavy (non-hydrogen) atoms. The van der Waals surface area contributed by atoms with Gasteiger partial charge in [0.25, 0.3) is 0 Å². The van der Waals surface area contributed by atoms with Gasteiger partial charge in [0.05, 0.1) is 18.1 Å². The highest BCUT2D eigenvalue weighted by molar-refractivity contribution is 5.73. The minimum atomic E-state index is -0.441. The molecule has 1 aromatic carbocycles. The van der Waals surface area contributed by atoms with Crippen molar-refractivity contribution in [2.75, 3.05) is 5.32 Å². The van der Waals surface area contributed by atoms with Crippen LogP contribution in [0.15, 0.2) is 36.8 Å². The molecule has 2 aromatic heterocycles. The molecule has 1 amide bonds. The molecule has 3 aromatic rings. The molecule has 8 heteroatoms. The first-order valence-electron chi connectivity index (χ1n) is 8.10. The SMILES string of the molecule is Cc1cc(Nc2ncc(F)c(C)n2)cc(-c2cnn(CCC(N)=O)c2)c1. The molecular formula is C18H19FN6O. The van der Waals surface area contributed by atoms with E-state index in [4.69, 9.17) is 5.73 Å². The molecule has 0 fully saturated rings. The number of nitrogens with zero attached hydrogens (tertiary/aromatic N) is 4. The third kappa shape index (κ3) is 4.21. The molecule has 3 rings (SSSR count). The summed E-state index contributed by atoms with van der Waals surface area (Å²) in [6, 6.07) is 5.91. The molecule has 0 aliphatic heterocycles. The second-order valence-corrected chi connectivity index (χ2v) is 6.05. The van der Waals surface area contributed by atoms with Crippen molar-refractivity contribution >= 4 is 17.5 Å². The Morgan fingerprint density at radius 2 is 2.04 bits per heavy atom. The largest absolute Gasteiger partial charge is 0.370 e. The van der Waals surface area contributed by atoms with Crippen molar-refractivity contribution in [1.29, 1.82) is 0 Å². The molecule has 0 saturated carbocycles. The molecule has 134 valence electrons. The summed E-state index contributed by atoms with van der Waals surface area (Å²) < 4.78 is 15.0. The van der Waals surface area contributed by atoms with E-state index in [1.807, 2.05) is 31.3 Å². The minimum absolute atomic E-state index is 0.239. The van der Waals surface area contributed by atoms with Crippen LogP contribution in [0.25, 0.3) is 11.1 Å². The number of aryl methyl sites for hydroxylation is 3. The lowest BCUT2D eigenvalue weighted by Gasteiger charge is -2.09. The van der Waals surface area contributed by atoms with Crippen LogP contribution in [0, 0.1) is 19.7 Å². The smallest absolute Gasteiger partial charge is 0.227 e. The van der Waals surface area contributed by atoms with E-state index in [0.29, 0.717) is 12.5 Å². The number of hydrogen-bond acceptors (Lipinski definition) is 5. The van der Waals surface area contributed by atoms with Crippen molar-refractivity contribution in [3.8, 4) is 11.1 Å². The second kappa shape index (κ2) is 7.30. The highest BCUT2D eigenvalue weighted by atomic mass is 19.1. The Kier molecular flexibility index (Phi) is 4.92. The molecule has 7 nitrogen and oxygen atoms in total. The quantitative estimate of drug-likeness (QED) is 0.709. The molecule has 0 atom stereocenters. The van der Waals surface area contributed by atoms with E-state index in [9.17, 15) is 9.18 Å². The molecule has 0 unspecified atom stereocenters. The predicted molar refractivity (Wildman–Crippen MR) is 96.2 cm³/mol. The number of aromatic nitrogens is 4. The van der Waals surface area contributed by atoms with Gasteiger partial charge < -0.3 is 11.1 Å². The Morgan fingerprint density at radius 3 is 2.77 bits per heavy atom. The maximum atomic E-state index is 13.3. The van der Waals surface area contributed by atoms with Gasteiger partial charge >= 0.3 is 0 Å². The molecule has 0 bridgehead atoms. The van der Waals surface area contributed by atoms with Crippen LogP contribution in [0.2, 0.25) is 0 Å². The van der Waals surface area contributed by atoms with Gasteiger partial charge in [0.2, 0.25) is 11.9 Å². The normalized spacial score (nSPS) is 10.7. The monoisotopic (exact) mass is 354 g/mol. The molecule has 0 spiro atoms. The summed E-state index contributed by atoms with van der Waals surface area (Å²) >= 11 is 0. The number of halogens is 1. The highest BCUT2D eigenvalue weighted by Gasteiger charge is 2.08. The maximum absolute atomic E-state index is 13.3. The molecule has 3 N–H and O–H groups in total. The fraction of sp³-hybridized carbons (Fsp3) is 0.222. The number of amides is 1. The number of anilines is 2. The number of nitrogens with two attached hydrogens (primary N) is 1. The number of rotatable bonds is 6. The van der Waals surface area contributed by atoms with E-state index in [0.717, 1.165) is 28.6 Å². The Labute approximate surface area is 150 Å². The topological polar surface area (TPSA) is 98.7 Å². The molecule has 0 aliphatic carbocycles. The van der Waals surface area contributed by atoms with Gasteiger partial charge in [0.1, 0.15) is 0 Å². The third-order valence-corrected chi connectivity index (χ3v) is 3.81. The van der Waals surface area contributed by atoms with Gasteiger partial charge in [-0.15, -0.1) is 0 Å². The molecule has 0 radical (unpaired) electrons. The third-order valence-electron chi connectivity index (χ3n) is 3.81. The van der Waals surface area contributed by atoms with E-state index in [-0.39, 0.29) is 18.0 Å². The van der Waals surface area contributed by atoms with Crippen molar-refractivity contribution in [3.63, 3.8) is 0 Å². The van der Waals surface area contributed by atoms with Gasteiger partial charge in [0, 0.05) is 30.4 Å². The fourth-order valence-electron chi connectivity index (χ4n) is 2.52. The zero-order valence-electron chi connectivity index (χ0n) is 14.5. The van der Waals surface area contributed by atoms with Gasteiger partial charge in [-0.05, 0) is 37.1 Å². The van der Waals surface area contributed by atoms with Crippen LogP contribution < -0.4 is 11.1 Å². The summed E-state index contributed by atoms with van der Waals surface area (Å²) in [5.41, 5.74) is 9.14. The first-order valence-corrected chi connectivity index (χ1v) is 8.10. The van der Waals surface area contributed by atoms with Gasteiger partial charge in [-0.3, -0.25) is 9.48 Å². The van der Waals surface area contributed by atoms with Crippen molar-refractivity contribution in [3.05, 3.63) is 53.9 Å². The zero-order valence-corrected chi connectivity index (χ0v) is 14.5. The van der Waals surface area contributed by atoms with Crippen LogP contribution in [0.3, 0.4) is 0 Å². The lowest BCUT2D eigenvalue weighted by atomic mass is 10.1. The summed E-state index contributed by atoms with van der Waals surface area (Å²) in [5.74, 6) is -0.472. The minimum Gasteiger partial charge on any atom is -0.370 e. The fourth-order valence-corrected chi connectivity index (χ4v) is 2.52. The first kappa shape index (κ1) is 17.5. The Morgan fingerprint density at radius 1 is 1.23 bits per heavy atom. The lowest BCUT2D eigenvalue weighted by Crippen LogP contribution is -2.13. The summed E-state index contributed by atoms with van der Waals surface area (Å²) in [5, 5.41) is 7.34. The number of carbonyl (C=O) groups is 1. The van der Waals surface area contributed by atoms with Crippen LogP contribution in [0.5, 0.6) is 0 Å². The van der Waals surface area contributed by atoms with Gasteiger partial charge in [0.15, 0.2) is 5.82 Å². The molecular weight excluding hydrogens is 335 g/mol. The number of carbonyl (C=O) groups excluding carboxylic acids is 1. The van der Waals surface area contributed by atoms with E-state index in [2.05, 4.69) is 20.4 Å². The molecule has 0 saturated heterocycles. The van der Waals surface area contributed by atoms with Crippen LogP contribution in [-0.2, 0) is 11.3 Å². The average molecular weight is 354 g/mol. The van der Waals surface area contributed by atoms with Crippen molar-refractivity contribution in [2.45, 2.75) is 26.8 Å². The molecule has 2 heterocycles. The summed E-state index contributed by atoms with van der Waals surface area (Å²) in [7, 11) is 0. The van der Waals surface area contributed by atoms with Crippen LogP contribution in [-0.4, -0.2) is 25.7 Å². The second-order valence-electron chi connectivity index (χ2n) is 6.05. The van der Waals surface area contributed by atoms with Crippen molar-refractivity contribution in [2.24, 2.45) is 5.73 Å². The number of primary amides is 1. The Balaban J connectivity index is 1.83. The Hall–Kier alpha value is -3.29. The maximum Gasteiger partial charge on any atom is 0.227 e. The van der Waals surface area contributed by atoms with Crippen LogP contribution in [0.4, 0.5) is 16.0 Å². The van der Waals surface area contributed by atoms with Gasteiger partial charge in [-0.2, -0.15) is 5.10 Å².